The van der Waals surface area contributed by atoms with Gasteiger partial charge >= 0.3 is 5.97 Å². The van der Waals surface area contributed by atoms with E-state index in [9.17, 15) is 4.79 Å². The Kier molecular flexibility index (Phi) is 7.60. The maximum atomic E-state index is 10.3. The van der Waals surface area contributed by atoms with Gasteiger partial charge in [0.05, 0.1) is 18.3 Å². The van der Waals surface area contributed by atoms with E-state index in [4.69, 9.17) is 10.8 Å². The number of halogens is 2. The summed E-state index contributed by atoms with van der Waals surface area (Å²) in [5.74, 6) is -0.965. The summed E-state index contributed by atoms with van der Waals surface area (Å²) in [5.41, 5.74) is 5.43. The van der Waals surface area contributed by atoms with Gasteiger partial charge in [0.15, 0.2) is 0 Å². The highest BCUT2D eigenvalue weighted by molar-refractivity contribution is 5.86. The van der Waals surface area contributed by atoms with Gasteiger partial charge in [0.2, 0.25) is 0 Å². The van der Waals surface area contributed by atoms with E-state index >= 15 is 0 Å². The number of carboxylic acids is 1. The molecule has 0 bridgehead atoms. The minimum Gasteiger partial charge on any atom is -0.478 e. The molecule has 76 valence electrons. The maximum absolute atomic E-state index is 10.3. The van der Waals surface area contributed by atoms with Gasteiger partial charge in [-0.1, -0.05) is 0 Å². The lowest BCUT2D eigenvalue weighted by atomic mass is 10.4. The van der Waals surface area contributed by atoms with Crippen LogP contribution in [0.4, 0.5) is 0 Å². The topological polar surface area (TPSA) is 81.1 Å². The fourth-order valence-corrected chi connectivity index (χ4v) is 0.729. The molecule has 0 saturated carbocycles. The number of aromatic nitrogens is 2. The smallest absolute Gasteiger partial charge is 0.338 e. The third-order valence-electron chi connectivity index (χ3n) is 1.24. The molecular weight excluding hydrogens is 217 g/mol. The monoisotopic (exact) mass is 227 g/mol. The molecule has 1 aromatic heterocycles. The Balaban J connectivity index is 0. The van der Waals surface area contributed by atoms with Crippen LogP contribution in [0, 0.1) is 0 Å². The van der Waals surface area contributed by atoms with Gasteiger partial charge < -0.3 is 10.8 Å². The fourth-order valence-electron chi connectivity index (χ4n) is 0.729. The second-order valence-electron chi connectivity index (χ2n) is 2.09. The molecule has 0 fully saturated rings. The summed E-state index contributed by atoms with van der Waals surface area (Å²) in [6, 6.07) is 0. The Labute approximate surface area is 87.7 Å². The first-order valence-electron chi connectivity index (χ1n) is 3.20. The molecule has 3 N–H and O–H groups in total. The van der Waals surface area contributed by atoms with Crippen LogP contribution < -0.4 is 5.73 Å². The van der Waals surface area contributed by atoms with Crippen molar-refractivity contribution in [1.29, 1.82) is 0 Å². The van der Waals surface area contributed by atoms with Crippen LogP contribution in [0.2, 0.25) is 0 Å². The lowest BCUT2D eigenvalue weighted by Crippen LogP contribution is -2.09. The molecule has 0 radical (unpaired) electrons. The van der Waals surface area contributed by atoms with Crippen LogP contribution in [-0.4, -0.2) is 27.4 Å². The number of rotatable bonds is 3. The van der Waals surface area contributed by atoms with Gasteiger partial charge in [-0.25, -0.2) is 4.79 Å². The highest BCUT2D eigenvalue weighted by Crippen LogP contribution is 1.95. The highest BCUT2D eigenvalue weighted by Gasteiger charge is 2.04. The Morgan fingerprint density at radius 3 is 2.62 bits per heavy atom. The number of aromatic carboxylic acids is 1. The summed E-state index contributed by atoms with van der Waals surface area (Å²) in [6.07, 6.45) is 2.76. The largest absolute Gasteiger partial charge is 0.478 e. The molecule has 13 heavy (non-hydrogen) atoms. The summed E-state index contributed by atoms with van der Waals surface area (Å²) in [7, 11) is 0. The van der Waals surface area contributed by atoms with Crippen LogP contribution in [-0.2, 0) is 6.54 Å². The van der Waals surface area contributed by atoms with Gasteiger partial charge in [0.1, 0.15) is 0 Å². The molecule has 0 aliphatic rings. The predicted octanol–water partition coefficient (Wildman–Crippen LogP) is 0.384. The lowest BCUT2D eigenvalue weighted by Gasteiger charge is -1.93. The highest BCUT2D eigenvalue weighted by atomic mass is 35.5. The normalized spacial score (nSPS) is 8.38. The Hall–Kier alpha value is -0.780. The van der Waals surface area contributed by atoms with E-state index in [1.54, 1.807) is 0 Å². The average Bonchev–Trinajstić information content (AvgIpc) is 2.37. The predicted molar refractivity (Wildman–Crippen MR) is 52.7 cm³/mol. The van der Waals surface area contributed by atoms with Gasteiger partial charge in [-0.15, -0.1) is 24.8 Å². The van der Waals surface area contributed by atoms with Gasteiger partial charge in [-0.05, 0) is 0 Å². The van der Waals surface area contributed by atoms with Gasteiger partial charge in [0.25, 0.3) is 0 Å². The van der Waals surface area contributed by atoms with E-state index in [1.807, 2.05) is 0 Å². The Bertz CT molecular complexity index is 264. The SMILES string of the molecule is Cl.Cl.NCCn1cc(C(=O)O)cn1. The first-order valence-corrected chi connectivity index (χ1v) is 3.20. The molecule has 0 aromatic carbocycles. The molecule has 1 rings (SSSR count). The van der Waals surface area contributed by atoms with Crippen LogP contribution in [0.25, 0.3) is 0 Å². The van der Waals surface area contributed by atoms with E-state index in [2.05, 4.69) is 5.10 Å². The fraction of sp³-hybridized carbons (Fsp3) is 0.333. The zero-order valence-corrected chi connectivity index (χ0v) is 8.35. The zero-order valence-electron chi connectivity index (χ0n) is 6.71. The van der Waals surface area contributed by atoms with Crippen molar-refractivity contribution in [2.45, 2.75) is 6.54 Å². The lowest BCUT2D eigenvalue weighted by molar-refractivity contribution is 0.0697. The average molecular weight is 228 g/mol. The van der Waals surface area contributed by atoms with Crippen LogP contribution in [0.15, 0.2) is 12.4 Å². The molecular formula is C6H11Cl2N3O2. The number of carboxylic acid groups (broad SMARTS) is 1. The molecule has 0 spiro atoms. The summed E-state index contributed by atoms with van der Waals surface area (Å²) in [5, 5.41) is 12.3. The molecule has 5 nitrogen and oxygen atoms in total. The molecule has 0 atom stereocenters. The van der Waals surface area contributed by atoms with Crippen molar-refractivity contribution in [3.63, 3.8) is 0 Å². The van der Waals surface area contributed by atoms with Crippen molar-refractivity contribution in [3.8, 4) is 0 Å². The van der Waals surface area contributed by atoms with Gasteiger partial charge in [0, 0.05) is 12.7 Å². The molecule has 7 heteroatoms. The summed E-state index contributed by atoms with van der Waals surface area (Å²) >= 11 is 0. The van der Waals surface area contributed by atoms with Gasteiger partial charge in [-0.3, -0.25) is 4.68 Å². The molecule has 1 heterocycles. The van der Waals surface area contributed by atoms with Crippen molar-refractivity contribution in [3.05, 3.63) is 18.0 Å². The molecule has 0 aliphatic heterocycles. The van der Waals surface area contributed by atoms with Crippen molar-refractivity contribution in [2.75, 3.05) is 6.54 Å². The molecule has 0 saturated heterocycles. The molecule has 0 aliphatic carbocycles. The Morgan fingerprint density at radius 2 is 2.23 bits per heavy atom. The number of hydrogen-bond acceptors (Lipinski definition) is 3. The van der Waals surface area contributed by atoms with Crippen LogP contribution in [0.3, 0.4) is 0 Å². The standard InChI is InChI=1S/C6H9N3O2.2ClH/c7-1-2-9-4-5(3-8-9)6(10)11;;/h3-4H,1-2,7H2,(H,10,11);2*1H. The van der Waals surface area contributed by atoms with E-state index in [1.165, 1.54) is 17.1 Å². The molecule has 0 amide bonds. The number of hydrogen-bond donors (Lipinski definition) is 2. The van der Waals surface area contributed by atoms with Crippen LogP contribution >= 0.6 is 24.8 Å². The third-order valence-corrected chi connectivity index (χ3v) is 1.24. The number of nitrogens with two attached hydrogens (primary N) is 1. The zero-order chi connectivity index (χ0) is 8.27. The summed E-state index contributed by atoms with van der Waals surface area (Å²) in [4.78, 5) is 10.3. The van der Waals surface area contributed by atoms with Crippen molar-refractivity contribution in [2.24, 2.45) is 5.73 Å². The minimum atomic E-state index is -0.965. The Morgan fingerprint density at radius 1 is 1.62 bits per heavy atom. The van der Waals surface area contributed by atoms with Crippen LogP contribution in [0.5, 0.6) is 0 Å². The van der Waals surface area contributed by atoms with E-state index in [0.29, 0.717) is 13.1 Å². The number of carbonyl (C=O) groups is 1. The summed E-state index contributed by atoms with van der Waals surface area (Å²) < 4.78 is 1.50. The first-order chi connectivity index (χ1) is 5.24. The number of nitrogens with zero attached hydrogens (tertiary/aromatic N) is 2. The van der Waals surface area contributed by atoms with Crippen LogP contribution in [0.1, 0.15) is 10.4 Å². The second kappa shape index (κ2) is 6.71. The molecule has 0 unspecified atom stereocenters. The van der Waals surface area contributed by atoms with Crippen molar-refractivity contribution in [1.82, 2.24) is 9.78 Å². The third kappa shape index (κ3) is 4.12. The summed E-state index contributed by atoms with van der Waals surface area (Å²) in [6.45, 7) is 1.01. The van der Waals surface area contributed by atoms with E-state index < -0.39 is 5.97 Å². The minimum absolute atomic E-state index is 0. The van der Waals surface area contributed by atoms with E-state index in [-0.39, 0.29) is 30.4 Å². The quantitative estimate of drug-likeness (QED) is 0.783. The maximum Gasteiger partial charge on any atom is 0.338 e. The first kappa shape index (κ1) is 14.7. The molecule has 1 aromatic rings. The second-order valence-corrected chi connectivity index (χ2v) is 2.09. The van der Waals surface area contributed by atoms with Crippen molar-refractivity contribution < 1.29 is 9.90 Å². The van der Waals surface area contributed by atoms with Crippen molar-refractivity contribution >= 4 is 30.8 Å². The van der Waals surface area contributed by atoms with E-state index in [0.717, 1.165) is 0 Å². The van der Waals surface area contributed by atoms with Gasteiger partial charge in [-0.2, -0.15) is 5.10 Å².